The number of benzene rings is 1. The molecule has 0 heterocycles. The van der Waals surface area contributed by atoms with E-state index < -0.39 is 5.97 Å². The fraction of sp³-hybridized carbons (Fsp3) is 0.182. The van der Waals surface area contributed by atoms with Crippen molar-refractivity contribution in [2.45, 2.75) is 13.8 Å². The van der Waals surface area contributed by atoms with E-state index in [1.165, 1.54) is 0 Å². The number of carboxylic acid groups (broad SMARTS) is 1. The number of aryl methyl sites for hydroxylation is 1. The Morgan fingerprint density at radius 3 is 2.57 bits per heavy atom. The van der Waals surface area contributed by atoms with Crippen molar-refractivity contribution in [1.82, 2.24) is 0 Å². The van der Waals surface area contributed by atoms with Crippen molar-refractivity contribution in [2.24, 2.45) is 0 Å². The Hall–Kier alpha value is 0.302. The molecule has 0 aromatic heterocycles. The smallest absolute Gasteiger partial charge is 0.545 e. The summed E-state index contributed by atoms with van der Waals surface area (Å²) in [6.45, 7) is 3.49. The summed E-state index contributed by atoms with van der Waals surface area (Å²) in [4.78, 5) is 10.7. The molecule has 0 fully saturated rings. The van der Waals surface area contributed by atoms with Crippen molar-refractivity contribution in [1.29, 1.82) is 0 Å². The molecule has 0 aliphatic carbocycles. The van der Waals surface area contributed by atoms with Crippen LogP contribution in [0.4, 0.5) is 0 Å². The maximum atomic E-state index is 10.7. The summed E-state index contributed by atoms with van der Waals surface area (Å²) in [5, 5.41) is 10.7. The first-order chi connectivity index (χ1) is 6.15. The zero-order valence-corrected chi connectivity index (χ0v) is 14.8. The van der Waals surface area contributed by atoms with Crippen LogP contribution in [0.1, 0.15) is 28.4 Å². The van der Waals surface area contributed by atoms with Crippen LogP contribution in [-0.2, 0) is 0 Å². The normalized spacial score (nSPS) is 8.14. The number of carboxylic acids is 1. The van der Waals surface area contributed by atoms with Crippen LogP contribution >= 0.6 is 0 Å². The molecule has 0 aliphatic heterocycles. The van der Waals surface area contributed by atoms with Gasteiger partial charge in [-0.2, -0.15) is 0 Å². The quantitative estimate of drug-likeness (QED) is 0.549. The van der Waals surface area contributed by atoms with Crippen LogP contribution in [0.2, 0.25) is 0 Å². The second-order valence-corrected chi connectivity index (χ2v) is 2.71. The van der Waals surface area contributed by atoms with E-state index in [-0.39, 0.29) is 74.5 Å². The molecule has 14 heavy (non-hydrogen) atoms. The van der Waals surface area contributed by atoms with E-state index in [4.69, 9.17) is 0 Å². The van der Waals surface area contributed by atoms with Gasteiger partial charge in [-0.1, -0.05) is 17.6 Å². The first-order valence-electron chi connectivity index (χ1n) is 3.90. The second kappa shape index (κ2) is 6.72. The van der Waals surface area contributed by atoms with E-state index in [9.17, 15) is 9.90 Å². The van der Waals surface area contributed by atoms with Gasteiger partial charge in [0.15, 0.2) is 0 Å². The Kier molecular flexibility index (Phi) is 6.87. The van der Waals surface area contributed by atoms with E-state index in [0.29, 0.717) is 5.56 Å². The number of hydrogen-bond acceptors (Lipinski definition) is 2. The summed E-state index contributed by atoms with van der Waals surface area (Å²) in [7, 11) is 0. The van der Waals surface area contributed by atoms with E-state index in [1.54, 1.807) is 19.1 Å². The van der Waals surface area contributed by atoms with Gasteiger partial charge in [0, 0.05) is 11.1 Å². The van der Waals surface area contributed by atoms with Crippen LogP contribution in [-0.4, -0.2) is 5.97 Å². The first-order valence-corrected chi connectivity index (χ1v) is 3.90. The average Bonchev–Trinajstić information content (AvgIpc) is 2.08. The van der Waals surface area contributed by atoms with Crippen molar-refractivity contribution in [3.63, 3.8) is 0 Å². The van der Waals surface area contributed by atoms with Crippen molar-refractivity contribution >= 4 is 5.97 Å². The molecule has 3 heteroatoms. The minimum absolute atomic E-state index is 0. The van der Waals surface area contributed by atoms with Crippen LogP contribution in [0.5, 0.6) is 0 Å². The molecule has 0 amide bonds. The van der Waals surface area contributed by atoms with Gasteiger partial charge in [0.2, 0.25) is 0 Å². The molecule has 66 valence electrons. The molecule has 0 N–H and O–H groups in total. The van der Waals surface area contributed by atoms with Crippen LogP contribution in [0, 0.1) is 18.8 Å². The van der Waals surface area contributed by atoms with E-state index in [2.05, 4.69) is 11.8 Å². The zero-order chi connectivity index (χ0) is 9.84. The minimum atomic E-state index is -1.18. The molecule has 0 atom stereocenters. The number of carbonyl (C=O) groups is 1. The van der Waals surface area contributed by atoms with Crippen molar-refractivity contribution in [2.75, 3.05) is 0 Å². The Morgan fingerprint density at radius 2 is 2.07 bits per heavy atom. The summed E-state index contributed by atoms with van der Waals surface area (Å²) in [5.41, 5.74) is 1.56. The molecule has 0 bridgehead atoms. The van der Waals surface area contributed by atoms with Gasteiger partial charge in [-0.25, -0.2) is 0 Å². The number of hydrogen-bond donors (Lipinski definition) is 0. The van der Waals surface area contributed by atoms with Gasteiger partial charge < -0.3 is 9.90 Å². The van der Waals surface area contributed by atoms with Gasteiger partial charge in [-0.05, 0) is 26.0 Å². The summed E-state index contributed by atoms with van der Waals surface area (Å²) in [6, 6.07) is 5.08. The third-order valence-corrected chi connectivity index (χ3v) is 1.65. The monoisotopic (exact) mass is 306 g/mol. The Balaban J connectivity index is 0.00000169. The van der Waals surface area contributed by atoms with Gasteiger partial charge in [-0.15, -0.1) is 5.92 Å². The zero-order valence-electron chi connectivity index (χ0n) is 8.55. The topological polar surface area (TPSA) is 40.1 Å². The van der Waals surface area contributed by atoms with Gasteiger partial charge in [0.05, 0.1) is 5.97 Å². The van der Waals surface area contributed by atoms with E-state index in [0.717, 1.165) is 5.56 Å². The van der Waals surface area contributed by atoms with Gasteiger partial charge >= 0.3 is 68.9 Å². The third-order valence-electron chi connectivity index (χ3n) is 1.65. The first kappa shape index (κ1) is 14.3. The second-order valence-electron chi connectivity index (χ2n) is 2.71. The summed E-state index contributed by atoms with van der Waals surface area (Å²) in [5.74, 6) is 4.19. The minimum Gasteiger partial charge on any atom is -0.545 e. The Morgan fingerprint density at radius 1 is 1.43 bits per heavy atom. The molecule has 1 rings (SSSR count). The molecule has 2 nitrogen and oxygen atoms in total. The average molecular weight is 306 g/mol. The Labute approximate surface area is 143 Å². The van der Waals surface area contributed by atoms with Crippen LogP contribution in [0.15, 0.2) is 18.2 Å². The predicted octanol–water partition coefficient (Wildman–Crippen LogP) is -2.27. The predicted molar refractivity (Wildman–Crippen MR) is 48.1 cm³/mol. The fourth-order valence-corrected chi connectivity index (χ4v) is 1.07. The molecule has 0 aliphatic rings. The summed E-state index contributed by atoms with van der Waals surface area (Å²) >= 11 is 0. The third kappa shape index (κ3) is 3.81. The molecular weight excluding hydrogens is 297 g/mol. The molecule has 1 aromatic rings. The number of aromatic carboxylic acids is 1. The van der Waals surface area contributed by atoms with Crippen LogP contribution in [0.25, 0.3) is 0 Å². The standard InChI is InChI=1S/C11H10O2.Cs/c1-3-4-9-6-5-8(2)7-10(9)11(12)13;/h5-7H,1-2H3,(H,12,13);/q;+1/p-1. The number of rotatable bonds is 1. The molecule has 0 saturated heterocycles. The fourth-order valence-electron chi connectivity index (χ4n) is 1.07. The SMILES string of the molecule is CC#Cc1ccc(C)cc1C(=O)[O-].[Cs+]. The summed E-state index contributed by atoms with van der Waals surface area (Å²) in [6.07, 6.45) is 0. The number of carbonyl (C=O) groups excluding carboxylic acids is 1. The van der Waals surface area contributed by atoms with E-state index in [1.807, 2.05) is 13.0 Å². The van der Waals surface area contributed by atoms with Crippen molar-refractivity contribution in [3.05, 3.63) is 34.9 Å². The van der Waals surface area contributed by atoms with Crippen LogP contribution < -0.4 is 74.0 Å². The molecule has 1 aromatic carbocycles. The molecule has 0 spiro atoms. The van der Waals surface area contributed by atoms with Gasteiger partial charge in [-0.3, -0.25) is 0 Å². The van der Waals surface area contributed by atoms with E-state index >= 15 is 0 Å². The van der Waals surface area contributed by atoms with Crippen molar-refractivity contribution in [3.8, 4) is 11.8 Å². The summed E-state index contributed by atoms with van der Waals surface area (Å²) < 4.78 is 0. The van der Waals surface area contributed by atoms with Crippen LogP contribution in [0.3, 0.4) is 0 Å². The molecule has 0 saturated carbocycles. The molecule has 0 radical (unpaired) electrons. The van der Waals surface area contributed by atoms with Gasteiger partial charge in [0.1, 0.15) is 0 Å². The van der Waals surface area contributed by atoms with Crippen molar-refractivity contribution < 1.29 is 78.8 Å². The maximum absolute atomic E-state index is 10.7. The molecular formula is C11H9CsO2. The largest absolute Gasteiger partial charge is 1.00 e. The Bertz CT molecular complexity index is 399. The maximum Gasteiger partial charge on any atom is 1.00 e. The van der Waals surface area contributed by atoms with Gasteiger partial charge in [0.25, 0.3) is 0 Å². The molecule has 0 unspecified atom stereocenters.